The van der Waals surface area contributed by atoms with Crippen LogP contribution in [-0.2, 0) is 10.0 Å². The van der Waals surface area contributed by atoms with Gasteiger partial charge in [-0.3, -0.25) is 0 Å². The molecule has 1 heterocycles. The Kier molecular flexibility index (Phi) is 7.60. The Morgan fingerprint density at radius 1 is 1.07 bits per heavy atom. The van der Waals surface area contributed by atoms with Crippen molar-refractivity contribution in [1.82, 2.24) is 14.9 Å². The van der Waals surface area contributed by atoms with Crippen molar-refractivity contribution in [3.8, 4) is 5.75 Å². The molecule has 1 aliphatic heterocycles. The Morgan fingerprint density at radius 2 is 1.72 bits per heavy atom. The minimum absolute atomic E-state index is 0.0758. The molecule has 0 atom stereocenters. The number of hydrogen-bond acceptors (Lipinski definition) is 5. The summed E-state index contributed by atoms with van der Waals surface area (Å²) in [5.41, 5.74) is 1.06. The third-order valence-electron chi connectivity index (χ3n) is 5.66. The fraction of sp³-hybridized carbons (Fsp3) is 0.650. The van der Waals surface area contributed by atoms with Gasteiger partial charge < -0.3 is 20.3 Å². The lowest BCUT2D eigenvalue weighted by atomic mass is 9.96. The minimum Gasteiger partial charge on any atom is -0.497 e. The van der Waals surface area contributed by atoms with Gasteiger partial charge in [0, 0.05) is 44.5 Å². The van der Waals surface area contributed by atoms with Gasteiger partial charge in [-0.05, 0) is 37.1 Å². The van der Waals surface area contributed by atoms with E-state index in [9.17, 15) is 13.2 Å². The number of carbonyl (C=O) groups is 1. The van der Waals surface area contributed by atoms with Gasteiger partial charge in [0.2, 0.25) is 10.0 Å². The Bertz CT molecular complexity index is 755. The van der Waals surface area contributed by atoms with Gasteiger partial charge in [-0.25, -0.2) is 13.2 Å². The summed E-state index contributed by atoms with van der Waals surface area (Å²) < 4.78 is 31.9. The second-order valence-corrected chi connectivity index (χ2v) is 9.72. The van der Waals surface area contributed by atoms with Crippen LogP contribution in [0.25, 0.3) is 0 Å². The first-order chi connectivity index (χ1) is 14.0. The maximum atomic E-state index is 12.6. The quantitative estimate of drug-likeness (QED) is 0.696. The van der Waals surface area contributed by atoms with E-state index in [0.29, 0.717) is 26.2 Å². The molecule has 1 saturated carbocycles. The Balaban J connectivity index is 1.40. The number of benzene rings is 1. The van der Waals surface area contributed by atoms with E-state index in [-0.39, 0.29) is 24.4 Å². The van der Waals surface area contributed by atoms with Crippen LogP contribution in [0.2, 0.25) is 0 Å². The van der Waals surface area contributed by atoms with Crippen molar-refractivity contribution in [1.29, 1.82) is 0 Å². The average Bonchev–Trinajstić information content (AvgIpc) is 2.74. The van der Waals surface area contributed by atoms with Crippen molar-refractivity contribution < 1.29 is 17.9 Å². The molecular formula is C20H32N4O4S. The first-order valence-corrected chi connectivity index (χ1v) is 12.0. The van der Waals surface area contributed by atoms with Crippen molar-refractivity contribution in [3.05, 3.63) is 24.3 Å². The largest absolute Gasteiger partial charge is 0.497 e. The molecule has 0 radical (unpaired) electrons. The van der Waals surface area contributed by atoms with E-state index in [0.717, 1.165) is 37.1 Å². The lowest BCUT2D eigenvalue weighted by Gasteiger charge is -2.35. The zero-order chi connectivity index (χ0) is 20.7. The van der Waals surface area contributed by atoms with E-state index in [4.69, 9.17) is 4.74 Å². The van der Waals surface area contributed by atoms with E-state index < -0.39 is 10.0 Å². The van der Waals surface area contributed by atoms with Gasteiger partial charge >= 0.3 is 6.03 Å². The highest BCUT2D eigenvalue weighted by Gasteiger charge is 2.27. The fourth-order valence-corrected chi connectivity index (χ4v) is 5.26. The third-order valence-corrected chi connectivity index (χ3v) is 7.53. The van der Waals surface area contributed by atoms with Gasteiger partial charge in [-0.2, -0.15) is 4.31 Å². The van der Waals surface area contributed by atoms with Crippen molar-refractivity contribution in [2.24, 2.45) is 0 Å². The van der Waals surface area contributed by atoms with Crippen LogP contribution in [0.4, 0.5) is 10.5 Å². The molecule has 2 N–H and O–H groups in total. The molecule has 1 aromatic rings. The Morgan fingerprint density at radius 3 is 2.34 bits per heavy atom. The topological polar surface area (TPSA) is 91.0 Å². The highest BCUT2D eigenvalue weighted by atomic mass is 32.2. The third kappa shape index (κ3) is 6.24. The van der Waals surface area contributed by atoms with Crippen LogP contribution in [0.1, 0.15) is 32.1 Å². The second-order valence-electron chi connectivity index (χ2n) is 7.64. The average molecular weight is 425 g/mol. The highest BCUT2D eigenvalue weighted by Crippen LogP contribution is 2.21. The molecule has 0 aromatic heterocycles. The predicted octanol–water partition coefficient (Wildman–Crippen LogP) is 1.78. The van der Waals surface area contributed by atoms with Crippen LogP contribution in [-0.4, -0.2) is 70.4 Å². The predicted molar refractivity (Wildman–Crippen MR) is 114 cm³/mol. The molecule has 1 aliphatic carbocycles. The number of sulfonamides is 1. The van der Waals surface area contributed by atoms with Crippen molar-refractivity contribution in [2.75, 3.05) is 50.5 Å². The number of hydrogen-bond donors (Lipinski definition) is 2. The molecule has 0 bridgehead atoms. The zero-order valence-corrected chi connectivity index (χ0v) is 17.9. The summed E-state index contributed by atoms with van der Waals surface area (Å²) in [7, 11) is -1.75. The van der Waals surface area contributed by atoms with Crippen molar-refractivity contribution >= 4 is 21.7 Å². The van der Waals surface area contributed by atoms with Gasteiger partial charge in [0.1, 0.15) is 5.75 Å². The first kappa shape index (κ1) is 21.7. The van der Waals surface area contributed by atoms with Crippen LogP contribution in [0.3, 0.4) is 0 Å². The summed E-state index contributed by atoms with van der Waals surface area (Å²) in [6.07, 6.45) is 5.52. The number of ether oxygens (including phenoxy) is 1. The number of nitrogens with one attached hydrogen (secondary N) is 2. The molecule has 2 amide bonds. The maximum absolute atomic E-state index is 12.6. The molecule has 1 aromatic carbocycles. The lowest BCUT2D eigenvalue weighted by Crippen LogP contribution is -2.50. The molecule has 29 heavy (non-hydrogen) atoms. The number of urea groups is 1. The summed E-state index contributed by atoms with van der Waals surface area (Å²) in [5, 5.41) is 5.64. The van der Waals surface area contributed by atoms with Crippen LogP contribution >= 0.6 is 0 Å². The standard InChI is InChI=1S/C20H32N4O4S/c1-28-19-9-7-18(8-10-19)23-12-14-24(15-13-23)29(26,27)16-11-21-20(25)22-17-5-3-2-4-6-17/h7-10,17H,2-6,11-16H2,1H3,(H2,21,22,25). The van der Waals surface area contributed by atoms with Crippen LogP contribution in [0, 0.1) is 0 Å². The summed E-state index contributed by atoms with van der Waals surface area (Å²) in [4.78, 5) is 14.1. The van der Waals surface area contributed by atoms with Crippen molar-refractivity contribution in [3.63, 3.8) is 0 Å². The van der Waals surface area contributed by atoms with Crippen LogP contribution in [0.5, 0.6) is 5.75 Å². The van der Waals surface area contributed by atoms with Gasteiger partial charge in [0.05, 0.1) is 12.9 Å². The fourth-order valence-electron chi connectivity index (χ4n) is 3.92. The minimum atomic E-state index is -3.38. The van der Waals surface area contributed by atoms with E-state index >= 15 is 0 Å². The molecule has 3 rings (SSSR count). The maximum Gasteiger partial charge on any atom is 0.315 e. The summed E-state index contributed by atoms with van der Waals surface area (Å²) in [6.45, 7) is 2.30. The number of carbonyl (C=O) groups excluding carboxylic acids is 1. The van der Waals surface area contributed by atoms with Gasteiger partial charge in [-0.1, -0.05) is 19.3 Å². The van der Waals surface area contributed by atoms with E-state index in [1.54, 1.807) is 7.11 Å². The SMILES string of the molecule is COc1ccc(N2CCN(S(=O)(=O)CCNC(=O)NC3CCCCC3)CC2)cc1. The van der Waals surface area contributed by atoms with Gasteiger partial charge in [-0.15, -0.1) is 0 Å². The summed E-state index contributed by atoms with van der Waals surface area (Å²) in [6, 6.07) is 7.73. The van der Waals surface area contributed by atoms with Crippen LogP contribution in [0.15, 0.2) is 24.3 Å². The summed E-state index contributed by atoms with van der Waals surface area (Å²) >= 11 is 0. The van der Waals surface area contributed by atoms with Gasteiger partial charge in [0.15, 0.2) is 0 Å². The molecule has 162 valence electrons. The molecule has 0 unspecified atom stereocenters. The van der Waals surface area contributed by atoms with Gasteiger partial charge in [0.25, 0.3) is 0 Å². The highest BCUT2D eigenvalue weighted by molar-refractivity contribution is 7.89. The number of piperazine rings is 1. The van der Waals surface area contributed by atoms with E-state index in [1.165, 1.54) is 10.7 Å². The smallest absolute Gasteiger partial charge is 0.315 e. The lowest BCUT2D eigenvalue weighted by molar-refractivity contribution is 0.233. The molecule has 9 heteroatoms. The zero-order valence-electron chi connectivity index (χ0n) is 17.1. The number of amides is 2. The summed E-state index contributed by atoms with van der Waals surface area (Å²) in [5.74, 6) is 0.725. The van der Waals surface area contributed by atoms with Crippen LogP contribution < -0.4 is 20.3 Å². The second kappa shape index (κ2) is 10.2. The molecule has 2 aliphatic rings. The molecule has 2 fully saturated rings. The van der Waals surface area contributed by atoms with E-state index in [2.05, 4.69) is 15.5 Å². The molecular weight excluding hydrogens is 392 g/mol. The van der Waals surface area contributed by atoms with Crippen molar-refractivity contribution in [2.45, 2.75) is 38.1 Å². The Hall–Kier alpha value is -2.00. The first-order valence-electron chi connectivity index (χ1n) is 10.4. The van der Waals surface area contributed by atoms with E-state index in [1.807, 2.05) is 24.3 Å². The Labute approximate surface area is 173 Å². The monoisotopic (exact) mass is 424 g/mol. The molecule has 0 spiro atoms. The number of nitrogens with zero attached hydrogens (tertiary/aromatic N) is 2. The molecule has 8 nitrogen and oxygen atoms in total. The number of anilines is 1. The normalized spacial score (nSPS) is 19.0. The number of methoxy groups -OCH3 is 1. The molecule has 1 saturated heterocycles. The number of rotatable bonds is 7.